The van der Waals surface area contributed by atoms with Gasteiger partial charge < -0.3 is 5.73 Å². The van der Waals surface area contributed by atoms with Gasteiger partial charge in [-0.15, -0.1) is 5.54 Å². The standard InChI is InChI=1S/C11H14ClNSi/c1-14(2,3)7-6-9-8-10(12)4-5-11(9)13/h4-5,8H,13H2,1-3H3. The Labute approximate surface area is 91.3 Å². The number of anilines is 1. The lowest BCUT2D eigenvalue weighted by Gasteiger charge is -2.04. The lowest BCUT2D eigenvalue weighted by Crippen LogP contribution is -2.16. The molecule has 0 bridgehead atoms. The molecule has 0 heterocycles. The molecule has 0 aromatic heterocycles. The predicted octanol–water partition coefficient (Wildman–Crippen LogP) is 3.15. The van der Waals surface area contributed by atoms with Crippen LogP contribution in [0.15, 0.2) is 18.2 Å². The summed E-state index contributed by atoms with van der Waals surface area (Å²) in [5.74, 6) is 3.10. The third kappa shape index (κ3) is 3.45. The van der Waals surface area contributed by atoms with Crippen molar-refractivity contribution in [3.8, 4) is 11.5 Å². The van der Waals surface area contributed by atoms with Crippen molar-refractivity contribution in [3.05, 3.63) is 28.8 Å². The molecule has 74 valence electrons. The first kappa shape index (κ1) is 11.2. The summed E-state index contributed by atoms with van der Waals surface area (Å²) >= 11 is 5.85. The van der Waals surface area contributed by atoms with Gasteiger partial charge in [-0.25, -0.2) is 0 Å². The molecule has 2 N–H and O–H groups in total. The van der Waals surface area contributed by atoms with Gasteiger partial charge in [-0.05, 0) is 18.2 Å². The number of hydrogen-bond acceptors (Lipinski definition) is 1. The van der Waals surface area contributed by atoms with Crippen molar-refractivity contribution >= 4 is 25.4 Å². The first-order valence-electron chi connectivity index (χ1n) is 4.47. The predicted molar refractivity (Wildman–Crippen MR) is 66.1 cm³/mol. The average molecular weight is 224 g/mol. The Morgan fingerprint density at radius 2 is 1.93 bits per heavy atom. The van der Waals surface area contributed by atoms with Crippen molar-refractivity contribution in [2.75, 3.05) is 5.73 Å². The molecule has 0 aliphatic rings. The molecule has 1 nitrogen and oxygen atoms in total. The van der Waals surface area contributed by atoms with E-state index in [9.17, 15) is 0 Å². The fraction of sp³-hybridized carbons (Fsp3) is 0.273. The summed E-state index contributed by atoms with van der Waals surface area (Å²) in [5.41, 5.74) is 10.6. The van der Waals surface area contributed by atoms with Gasteiger partial charge in [-0.3, -0.25) is 0 Å². The second-order valence-electron chi connectivity index (χ2n) is 4.23. The smallest absolute Gasteiger partial charge is 0.129 e. The van der Waals surface area contributed by atoms with E-state index in [1.807, 2.05) is 6.07 Å². The molecular weight excluding hydrogens is 210 g/mol. The van der Waals surface area contributed by atoms with E-state index in [0.29, 0.717) is 10.7 Å². The molecule has 0 saturated heterocycles. The van der Waals surface area contributed by atoms with Gasteiger partial charge in [0.15, 0.2) is 0 Å². The number of hydrogen-bond donors (Lipinski definition) is 1. The monoisotopic (exact) mass is 223 g/mol. The second kappa shape index (κ2) is 4.08. The van der Waals surface area contributed by atoms with Crippen LogP contribution in [0.4, 0.5) is 5.69 Å². The minimum absolute atomic E-state index is 0.680. The quantitative estimate of drug-likeness (QED) is 0.408. The number of halogens is 1. The van der Waals surface area contributed by atoms with E-state index in [-0.39, 0.29) is 0 Å². The molecule has 0 fully saturated rings. The van der Waals surface area contributed by atoms with Crippen LogP contribution in [-0.2, 0) is 0 Å². The molecule has 0 unspecified atom stereocenters. The van der Waals surface area contributed by atoms with E-state index >= 15 is 0 Å². The van der Waals surface area contributed by atoms with E-state index in [1.165, 1.54) is 0 Å². The lowest BCUT2D eigenvalue weighted by molar-refractivity contribution is 1.63. The van der Waals surface area contributed by atoms with Crippen LogP contribution in [0.2, 0.25) is 24.7 Å². The van der Waals surface area contributed by atoms with Crippen LogP contribution in [0, 0.1) is 11.5 Å². The fourth-order valence-electron chi connectivity index (χ4n) is 0.892. The van der Waals surface area contributed by atoms with Gasteiger partial charge in [0, 0.05) is 16.3 Å². The Kier molecular flexibility index (Phi) is 3.25. The Morgan fingerprint density at radius 3 is 2.50 bits per heavy atom. The van der Waals surface area contributed by atoms with E-state index in [2.05, 4.69) is 31.1 Å². The molecule has 0 spiro atoms. The molecule has 1 aromatic rings. The van der Waals surface area contributed by atoms with Crippen LogP contribution in [0.1, 0.15) is 5.56 Å². The molecule has 0 saturated carbocycles. The summed E-state index contributed by atoms with van der Waals surface area (Å²) in [6, 6.07) is 5.37. The maximum atomic E-state index is 5.85. The number of rotatable bonds is 0. The summed E-state index contributed by atoms with van der Waals surface area (Å²) in [7, 11) is -1.34. The number of nitrogen functional groups attached to an aromatic ring is 1. The van der Waals surface area contributed by atoms with Gasteiger partial charge in [0.25, 0.3) is 0 Å². The molecule has 0 amide bonds. The molecule has 3 heteroatoms. The van der Waals surface area contributed by atoms with Crippen LogP contribution in [0.3, 0.4) is 0 Å². The van der Waals surface area contributed by atoms with Crippen LogP contribution in [-0.4, -0.2) is 8.07 Å². The zero-order valence-corrected chi connectivity index (χ0v) is 10.4. The van der Waals surface area contributed by atoms with Crippen molar-refractivity contribution in [3.63, 3.8) is 0 Å². The highest BCUT2D eigenvalue weighted by Crippen LogP contribution is 2.16. The Balaban J connectivity index is 3.06. The third-order valence-corrected chi connectivity index (χ3v) is 2.70. The van der Waals surface area contributed by atoms with Crippen molar-refractivity contribution in [2.45, 2.75) is 19.6 Å². The minimum atomic E-state index is -1.34. The number of benzene rings is 1. The van der Waals surface area contributed by atoms with E-state index in [0.717, 1.165) is 5.56 Å². The summed E-state index contributed by atoms with van der Waals surface area (Å²) in [4.78, 5) is 0. The first-order valence-corrected chi connectivity index (χ1v) is 8.34. The van der Waals surface area contributed by atoms with E-state index in [1.54, 1.807) is 12.1 Å². The highest BCUT2D eigenvalue weighted by Gasteiger charge is 2.07. The Bertz CT molecular complexity index is 396. The van der Waals surface area contributed by atoms with Gasteiger partial charge in [0.2, 0.25) is 0 Å². The average Bonchev–Trinajstić information content (AvgIpc) is 2.05. The SMILES string of the molecule is C[Si](C)(C)C#Cc1cc(Cl)ccc1N. The van der Waals surface area contributed by atoms with Crippen LogP contribution >= 0.6 is 11.6 Å². The van der Waals surface area contributed by atoms with Crippen molar-refractivity contribution < 1.29 is 0 Å². The molecule has 14 heavy (non-hydrogen) atoms. The van der Waals surface area contributed by atoms with Crippen molar-refractivity contribution in [1.82, 2.24) is 0 Å². The Morgan fingerprint density at radius 1 is 1.29 bits per heavy atom. The van der Waals surface area contributed by atoms with Gasteiger partial charge in [-0.1, -0.05) is 37.2 Å². The van der Waals surface area contributed by atoms with Crippen molar-refractivity contribution in [1.29, 1.82) is 0 Å². The fourth-order valence-corrected chi connectivity index (χ4v) is 1.57. The normalized spacial score (nSPS) is 10.6. The maximum Gasteiger partial charge on any atom is 0.129 e. The molecule has 0 atom stereocenters. The van der Waals surface area contributed by atoms with E-state index in [4.69, 9.17) is 17.3 Å². The summed E-state index contributed by atoms with van der Waals surface area (Å²) in [6.07, 6.45) is 0. The summed E-state index contributed by atoms with van der Waals surface area (Å²) < 4.78 is 0. The first-order chi connectivity index (χ1) is 6.38. The largest absolute Gasteiger partial charge is 0.398 e. The van der Waals surface area contributed by atoms with Gasteiger partial charge in [0.1, 0.15) is 8.07 Å². The van der Waals surface area contributed by atoms with Crippen molar-refractivity contribution in [2.24, 2.45) is 0 Å². The zero-order chi connectivity index (χ0) is 10.8. The second-order valence-corrected chi connectivity index (χ2v) is 9.42. The highest BCUT2D eigenvalue weighted by molar-refractivity contribution is 6.83. The summed E-state index contributed by atoms with van der Waals surface area (Å²) in [6.45, 7) is 6.59. The van der Waals surface area contributed by atoms with Gasteiger partial charge in [0.05, 0.1) is 0 Å². The zero-order valence-electron chi connectivity index (χ0n) is 8.69. The molecule has 1 rings (SSSR count). The molecular formula is C11H14ClNSi. The van der Waals surface area contributed by atoms with E-state index < -0.39 is 8.07 Å². The minimum Gasteiger partial charge on any atom is -0.398 e. The molecule has 0 radical (unpaired) electrons. The highest BCUT2D eigenvalue weighted by atomic mass is 35.5. The van der Waals surface area contributed by atoms with Crippen LogP contribution in [0.25, 0.3) is 0 Å². The topological polar surface area (TPSA) is 26.0 Å². The van der Waals surface area contributed by atoms with Gasteiger partial charge >= 0.3 is 0 Å². The third-order valence-electron chi connectivity index (χ3n) is 1.59. The number of nitrogens with two attached hydrogens (primary N) is 1. The van der Waals surface area contributed by atoms with Crippen LogP contribution < -0.4 is 5.73 Å². The maximum absolute atomic E-state index is 5.85. The Hall–Kier alpha value is -0.913. The van der Waals surface area contributed by atoms with Gasteiger partial charge in [-0.2, -0.15) is 0 Å². The molecule has 1 aromatic carbocycles. The lowest BCUT2D eigenvalue weighted by atomic mass is 10.2. The summed E-state index contributed by atoms with van der Waals surface area (Å²) in [5, 5.41) is 0.680. The van der Waals surface area contributed by atoms with Crippen LogP contribution in [0.5, 0.6) is 0 Å². The molecule has 0 aliphatic heterocycles. The molecule has 0 aliphatic carbocycles.